The van der Waals surface area contributed by atoms with E-state index in [1.807, 2.05) is 13.8 Å². The van der Waals surface area contributed by atoms with E-state index in [1.54, 1.807) is 21.3 Å². The number of hydrogen-bond acceptors (Lipinski definition) is 6. The van der Waals surface area contributed by atoms with Crippen LogP contribution < -0.4 is 0 Å². The molecule has 0 spiro atoms. The van der Waals surface area contributed by atoms with Gasteiger partial charge in [0.1, 0.15) is 0 Å². The summed E-state index contributed by atoms with van der Waals surface area (Å²) in [5, 5.41) is 8.20. The van der Waals surface area contributed by atoms with Crippen molar-refractivity contribution in [2.75, 3.05) is 61.0 Å². The summed E-state index contributed by atoms with van der Waals surface area (Å²) < 4.78 is 24.8. The zero-order valence-electron chi connectivity index (χ0n) is 12.9. The molecule has 19 heavy (non-hydrogen) atoms. The first-order valence-electron chi connectivity index (χ1n) is 6.43. The molecule has 6 heteroatoms. The molecule has 0 saturated carbocycles. The molecule has 2 unspecified atom stereocenters. The minimum absolute atomic E-state index is 0.0870. The van der Waals surface area contributed by atoms with Crippen LogP contribution in [0.2, 0.25) is 0 Å². The van der Waals surface area contributed by atoms with Crippen molar-refractivity contribution in [3.05, 3.63) is 0 Å². The van der Waals surface area contributed by atoms with E-state index < -0.39 is 0 Å². The van der Waals surface area contributed by atoms with Crippen LogP contribution >= 0.6 is 0 Å². The maximum absolute atomic E-state index is 8.20. The fourth-order valence-electron chi connectivity index (χ4n) is 0.960. The average Bonchev–Trinajstić information content (AvgIpc) is 2.42. The van der Waals surface area contributed by atoms with E-state index in [9.17, 15) is 0 Å². The standard InChI is InChI=1S/C8H18O3.C5H12O3/c1-7(10-4)6-11-8(2)5-9-3;1-7-4-5-8-3-2-6/h7-8H,5-6H2,1-4H3;6H,2-5H2,1H3. The third-order valence-corrected chi connectivity index (χ3v) is 2.09. The minimum Gasteiger partial charge on any atom is -0.394 e. The lowest BCUT2D eigenvalue weighted by atomic mass is 10.4. The molecule has 0 rings (SSSR count). The smallest absolute Gasteiger partial charge is 0.0781 e. The van der Waals surface area contributed by atoms with Gasteiger partial charge in [-0.1, -0.05) is 0 Å². The van der Waals surface area contributed by atoms with Crippen LogP contribution in [0.15, 0.2) is 0 Å². The van der Waals surface area contributed by atoms with Gasteiger partial charge in [0.2, 0.25) is 0 Å². The summed E-state index contributed by atoms with van der Waals surface area (Å²) in [4.78, 5) is 0. The quantitative estimate of drug-likeness (QED) is 0.563. The summed E-state index contributed by atoms with van der Waals surface area (Å²) in [6.07, 6.45) is 0.312. The van der Waals surface area contributed by atoms with Crippen LogP contribution in [-0.2, 0) is 23.7 Å². The van der Waals surface area contributed by atoms with Crippen LogP contribution in [-0.4, -0.2) is 78.3 Å². The van der Waals surface area contributed by atoms with Crippen LogP contribution in [0.1, 0.15) is 13.8 Å². The normalized spacial score (nSPS) is 13.6. The van der Waals surface area contributed by atoms with Gasteiger partial charge in [0.25, 0.3) is 0 Å². The van der Waals surface area contributed by atoms with Crippen molar-refractivity contribution in [1.29, 1.82) is 0 Å². The van der Waals surface area contributed by atoms with Crippen molar-refractivity contribution >= 4 is 0 Å². The minimum atomic E-state index is 0.0870. The molecule has 0 aromatic heterocycles. The lowest BCUT2D eigenvalue weighted by molar-refractivity contribution is -0.0386. The summed E-state index contributed by atoms with van der Waals surface area (Å²) in [6.45, 7) is 6.87. The molecule has 0 aliphatic rings. The van der Waals surface area contributed by atoms with Gasteiger partial charge in [-0.2, -0.15) is 0 Å². The molecule has 0 fully saturated rings. The molecule has 0 aromatic carbocycles. The van der Waals surface area contributed by atoms with Gasteiger partial charge in [-0.15, -0.1) is 0 Å². The molecule has 118 valence electrons. The molecule has 0 aliphatic heterocycles. The van der Waals surface area contributed by atoms with Crippen molar-refractivity contribution in [1.82, 2.24) is 0 Å². The van der Waals surface area contributed by atoms with Crippen molar-refractivity contribution in [2.45, 2.75) is 26.1 Å². The van der Waals surface area contributed by atoms with Crippen LogP contribution in [0, 0.1) is 0 Å². The average molecular weight is 282 g/mol. The zero-order valence-corrected chi connectivity index (χ0v) is 12.9. The fourth-order valence-corrected chi connectivity index (χ4v) is 0.960. The number of rotatable bonds is 11. The summed E-state index contributed by atoms with van der Waals surface area (Å²) in [5.74, 6) is 0. The maximum Gasteiger partial charge on any atom is 0.0781 e. The molecule has 2 atom stereocenters. The van der Waals surface area contributed by atoms with Gasteiger partial charge in [0.15, 0.2) is 0 Å². The predicted octanol–water partition coefficient (Wildman–Crippen LogP) is 0.715. The SMILES string of the molecule is COCC(C)OCC(C)OC.COCCOCCO. The van der Waals surface area contributed by atoms with Crippen LogP contribution in [0.25, 0.3) is 0 Å². The summed E-state index contributed by atoms with van der Waals surface area (Å²) in [5.41, 5.74) is 0. The third kappa shape index (κ3) is 20.2. The van der Waals surface area contributed by atoms with E-state index >= 15 is 0 Å². The van der Waals surface area contributed by atoms with Gasteiger partial charge in [-0.25, -0.2) is 0 Å². The first kappa shape index (κ1) is 21.1. The van der Waals surface area contributed by atoms with Gasteiger partial charge in [0.05, 0.1) is 51.8 Å². The number of methoxy groups -OCH3 is 3. The Morgan fingerprint density at radius 1 is 0.842 bits per heavy atom. The Kier molecular flexibility index (Phi) is 19.7. The number of hydrogen-bond donors (Lipinski definition) is 1. The van der Waals surface area contributed by atoms with Crippen molar-refractivity contribution < 1.29 is 28.8 Å². The van der Waals surface area contributed by atoms with Gasteiger partial charge >= 0.3 is 0 Å². The Morgan fingerprint density at radius 3 is 2.00 bits per heavy atom. The van der Waals surface area contributed by atoms with E-state index in [1.165, 1.54) is 0 Å². The highest BCUT2D eigenvalue weighted by Crippen LogP contribution is 1.95. The van der Waals surface area contributed by atoms with E-state index in [4.69, 9.17) is 24.1 Å². The van der Waals surface area contributed by atoms with Gasteiger partial charge in [0, 0.05) is 21.3 Å². The van der Waals surface area contributed by atoms with Crippen LogP contribution in [0.3, 0.4) is 0 Å². The molecule has 0 bridgehead atoms. The molecule has 6 nitrogen and oxygen atoms in total. The lowest BCUT2D eigenvalue weighted by Gasteiger charge is -2.14. The van der Waals surface area contributed by atoms with E-state index in [0.717, 1.165) is 0 Å². The van der Waals surface area contributed by atoms with Crippen LogP contribution in [0.5, 0.6) is 0 Å². The monoisotopic (exact) mass is 282 g/mol. The zero-order chi connectivity index (χ0) is 14.9. The Bertz CT molecular complexity index is 150. The van der Waals surface area contributed by atoms with E-state index in [-0.39, 0.29) is 18.8 Å². The van der Waals surface area contributed by atoms with Crippen molar-refractivity contribution in [3.63, 3.8) is 0 Å². The molecule has 0 amide bonds. The van der Waals surface area contributed by atoms with Gasteiger partial charge in [-0.3, -0.25) is 0 Å². The molecule has 0 radical (unpaired) electrons. The molecule has 0 aliphatic carbocycles. The first-order chi connectivity index (χ1) is 9.12. The topological polar surface area (TPSA) is 66.4 Å². The first-order valence-corrected chi connectivity index (χ1v) is 6.43. The summed E-state index contributed by atoms with van der Waals surface area (Å²) >= 11 is 0. The lowest BCUT2D eigenvalue weighted by Crippen LogP contribution is -2.21. The Balaban J connectivity index is 0. The van der Waals surface area contributed by atoms with Crippen molar-refractivity contribution in [3.8, 4) is 0 Å². The van der Waals surface area contributed by atoms with E-state index in [0.29, 0.717) is 33.0 Å². The molecular formula is C13H30O6. The van der Waals surface area contributed by atoms with Gasteiger partial charge < -0.3 is 28.8 Å². The second kappa shape index (κ2) is 17.8. The highest BCUT2D eigenvalue weighted by Gasteiger charge is 2.04. The second-order valence-electron chi connectivity index (χ2n) is 3.97. The molecule has 0 heterocycles. The third-order valence-electron chi connectivity index (χ3n) is 2.09. The van der Waals surface area contributed by atoms with Crippen molar-refractivity contribution in [2.24, 2.45) is 0 Å². The Labute approximate surface area is 116 Å². The predicted molar refractivity (Wildman–Crippen MR) is 73.5 cm³/mol. The largest absolute Gasteiger partial charge is 0.394 e. The number of aliphatic hydroxyl groups excluding tert-OH is 1. The van der Waals surface area contributed by atoms with E-state index in [2.05, 4.69) is 4.74 Å². The number of aliphatic hydroxyl groups is 1. The molecule has 0 saturated heterocycles. The fraction of sp³-hybridized carbons (Fsp3) is 1.00. The molecular weight excluding hydrogens is 252 g/mol. The second-order valence-corrected chi connectivity index (χ2v) is 3.97. The maximum atomic E-state index is 8.20. The highest BCUT2D eigenvalue weighted by atomic mass is 16.5. The summed E-state index contributed by atoms with van der Waals surface area (Å²) in [6, 6.07) is 0. The highest BCUT2D eigenvalue weighted by molar-refractivity contribution is 4.50. The molecule has 1 N–H and O–H groups in total. The Morgan fingerprint density at radius 2 is 1.53 bits per heavy atom. The van der Waals surface area contributed by atoms with Crippen LogP contribution in [0.4, 0.5) is 0 Å². The van der Waals surface area contributed by atoms with Gasteiger partial charge in [-0.05, 0) is 13.8 Å². The summed E-state index contributed by atoms with van der Waals surface area (Å²) in [7, 11) is 4.96. The Hall–Kier alpha value is -0.240. The molecule has 0 aromatic rings. The number of ether oxygens (including phenoxy) is 5.